The maximum atomic E-state index is 13.2. The van der Waals surface area contributed by atoms with Crippen LogP contribution in [-0.4, -0.2) is 29.7 Å². The number of rotatable bonds is 4. The lowest BCUT2D eigenvalue weighted by Gasteiger charge is -2.37. The first-order chi connectivity index (χ1) is 11.3. The quantitative estimate of drug-likeness (QED) is 0.843. The molecule has 0 N–H and O–H groups in total. The van der Waals surface area contributed by atoms with Crippen LogP contribution in [0, 0.1) is 5.92 Å². The summed E-state index contributed by atoms with van der Waals surface area (Å²) in [6.07, 6.45) is 8.35. The number of carbonyl (C=O) groups is 1. The predicted octanol–water partition coefficient (Wildman–Crippen LogP) is 3.99. The van der Waals surface area contributed by atoms with E-state index in [1.165, 1.54) is 19.3 Å². The first kappa shape index (κ1) is 14.9. The number of amides is 1. The maximum Gasteiger partial charge on any atom is 0.258 e. The van der Waals surface area contributed by atoms with E-state index in [1.807, 2.05) is 18.2 Å². The maximum absolute atomic E-state index is 13.2. The van der Waals surface area contributed by atoms with Gasteiger partial charge < -0.3 is 14.4 Å². The second-order valence-corrected chi connectivity index (χ2v) is 7.07. The molecule has 0 aromatic heterocycles. The smallest absolute Gasteiger partial charge is 0.258 e. The van der Waals surface area contributed by atoms with Crippen molar-refractivity contribution < 1.29 is 14.3 Å². The molecule has 4 nitrogen and oxygen atoms in total. The summed E-state index contributed by atoms with van der Waals surface area (Å²) in [5.74, 6) is 2.31. The molecule has 4 rings (SSSR count). The Balaban J connectivity index is 1.56. The summed E-state index contributed by atoms with van der Waals surface area (Å²) in [5.41, 5.74) is 0.671. The fraction of sp³-hybridized carbons (Fsp3) is 0.632. The number of para-hydroxylation sites is 1. The predicted molar refractivity (Wildman–Crippen MR) is 87.8 cm³/mol. The van der Waals surface area contributed by atoms with Crippen molar-refractivity contribution in [2.24, 2.45) is 5.92 Å². The molecular formula is C19H25NO3. The Bertz CT molecular complexity index is 588. The second-order valence-electron chi connectivity index (χ2n) is 7.07. The van der Waals surface area contributed by atoms with Gasteiger partial charge in [-0.05, 0) is 56.6 Å². The zero-order valence-electron chi connectivity index (χ0n) is 13.8. The number of hydrogen-bond donors (Lipinski definition) is 0. The monoisotopic (exact) mass is 315 g/mol. The molecule has 0 radical (unpaired) electrons. The summed E-state index contributed by atoms with van der Waals surface area (Å²) in [7, 11) is 0. The van der Waals surface area contributed by atoms with Crippen molar-refractivity contribution >= 4 is 5.91 Å². The normalized spacial score (nSPS) is 26.1. The highest BCUT2D eigenvalue weighted by Gasteiger charge is 2.40. The lowest BCUT2D eigenvalue weighted by atomic mass is 9.83. The molecule has 0 saturated heterocycles. The van der Waals surface area contributed by atoms with Crippen molar-refractivity contribution in [2.75, 3.05) is 6.79 Å². The molecule has 1 amide bonds. The fourth-order valence-corrected chi connectivity index (χ4v) is 4.05. The lowest BCUT2D eigenvalue weighted by molar-refractivity contribution is 0.0583. The van der Waals surface area contributed by atoms with Crippen molar-refractivity contribution in [3.8, 4) is 11.5 Å². The largest absolute Gasteiger partial charge is 0.454 e. The molecule has 2 saturated carbocycles. The van der Waals surface area contributed by atoms with E-state index in [9.17, 15) is 4.79 Å². The number of ether oxygens (including phenoxy) is 2. The molecule has 0 atom stereocenters. The van der Waals surface area contributed by atoms with E-state index in [0.29, 0.717) is 29.1 Å². The molecule has 3 aliphatic rings. The molecule has 2 aliphatic carbocycles. The van der Waals surface area contributed by atoms with Crippen LogP contribution in [0.3, 0.4) is 0 Å². The van der Waals surface area contributed by atoms with E-state index < -0.39 is 0 Å². The topological polar surface area (TPSA) is 38.8 Å². The molecule has 0 spiro atoms. The van der Waals surface area contributed by atoms with Crippen molar-refractivity contribution in [3.63, 3.8) is 0 Å². The van der Waals surface area contributed by atoms with Gasteiger partial charge in [-0.15, -0.1) is 0 Å². The van der Waals surface area contributed by atoms with Gasteiger partial charge in [0, 0.05) is 12.1 Å². The molecule has 1 aliphatic heterocycles. The molecule has 1 heterocycles. The second kappa shape index (κ2) is 6.06. The summed E-state index contributed by atoms with van der Waals surface area (Å²) in [4.78, 5) is 15.4. The average Bonchev–Trinajstić information content (AvgIpc) is 3.30. The van der Waals surface area contributed by atoms with Crippen molar-refractivity contribution in [2.45, 2.75) is 64.0 Å². The molecule has 0 unspecified atom stereocenters. The summed E-state index contributed by atoms with van der Waals surface area (Å²) in [6.45, 7) is 2.49. The summed E-state index contributed by atoms with van der Waals surface area (Å²) < 4.78 is 11.0. The first-order valence-corrected chi connectivity index (χ1v) is 8.99. The van der Waals surface area contributed by atoms with Gasteiger partial charge in [0.15, 0.2) is 11.5 Å². The Hall–Kier alpha value is -1.71. The van der Waals surface area contributed by atoms with E-state index in [2.05, 4.69) is 11.8 Å². The molecule has 1 aromatic rings. The van der Waals surface area contributed by atoms with Gasteiger partial charge in [-0.2, -0.15) is 0 Å². The molecule has 4 heteroatoms. The summed E-state index contributed by atoms with van der Waals surface area (Å²) >= 11 is 0. The van der Waals surface area contributed by atoms with Gasteiger partial charge in [-0.3, -0.25) is 4.79 Å². The minimum absolute atomic E-state index is 0.134. The minimum Gasteiger partial charge on any atom is -0.454 e. The van der Waals surface area contributed by atoms with Crippen LogP contribution in [0.15, 0.2) is 18.2 Å². The van der Waals surface area contributed by atoms with Gasteiger partial charge >= 0.3 is 0 Å². The van der Waals surface area contributed by atoms with Crippen molar-refractivity contribution in [1.29, 1.82) is 0 Å². The summed E-state index contributed by atoms with van der Waals surface area (Å²) in [5, 5.41) is 0. The Kier molecular flexibility index (Phi) is 3.92. The molecule has 124 valence electrons. The van der Waals surface area contributed by atoms with Crippen LogP contribution in [-0.2, 0) is 0 Å². The van der Waals surface area contributed by atoms with Crippen molar-refractivity contribution in [3.05, 3.63) is 23.8 Å². The van der Waals surface area contributed by atoms with Crippen LogP contribution in [0.4, 0.5) is 0 Å². The van der Waals surface area contributed by atoms with Gasteiger partial charge in [-0.25, -0.2) is 0 Å². The van der Waals surface area contributed by atoms with Gasteiger partial charge in [0.25, 0.3) is 5.91 Å². The molecule has 2 fully saturated rings. The van der Waals surface area contributed by atoms with Crippen LogP contribution in [0.1, 0.15) is 62.2 Å². The zero-order valence-corrected chi connectivity index (χ0v) is 13.8. The number of carbonyl (C=O) groups excluding carboxylic acids is 1. The fourth-order valence-electron chi connectivity index (χ4n) is 4.05. The standard InChI is InChI=1S/C19H25NO3/c1-2-13-6-8-14(9-7-13)20(15-10-11-15)19(21)16-4-3-5-17-18(16)23-12-22-17/h3-5,13-15H,2,6-12H2,1H3. The zero-order chi connectivity index (χ0) is 15.8. The number of fused-ring (bicyclic) bond motifs is 1. The summed E-state index contributed by atoms with van der Waals surface area (Å²) in [6, 6.07) is 6.47. The number of benzene rings is 1. The highest BCUT2D eigenvalue weighted by Crippen LogP contribution is 2.40. The molecule has 0 bridgehead atoms. The third-order valence-corrected chi connectivity index (χ3v) is 5.59. The van der Waals surface area contributed by atoms with Crippen LogP contribution in [0.25, 0.3) is 0 Å². The van der Waals surface area contributed by atoms with Crippen LogP contribution < -0.4 is 9.47 Å². The van der Waals surface area contributed by atoms with E-state index in [0.717, 1.165) is 31.6 Å². The van der Waals surface area contributed by atoms with Gasteiger partial charge in [0.1, 0.15) is 0 Å². The van der Waals surface area contributed by atoms with Crippen LogP contribution in [0.2, 0.25) is 0 Å². The molecule has 23 heavy (non-hydrogen) atoms. The van der Waals surface area contributed by atoms with Crippen LogP contribution in [0.5, 0.6) is 11.5 Å². The first-order valence-electron chi connectivity index (χ1n) is 8.99. The van der Waals surface area contributed by atoms with Gasteiger partial charge in [-0.1, -0.05) is 19.4 Å². The molecule has 1 aromatic carbocycles. The average molecular weight is 315 g/mol. The van der Waals surface area contributed by atoms with E-state index in [-0.39, 0.29) is 12.7 Å². The van der Waals surface area contributed by atoms with Crippen LogP contribution >= 0.6 is 0 Å². The molecular weight excluding hydrogens is 290 g/mol. The number of hydrogen-bond acceptors (Lipinski definition) is 3. The lowest BCUT2D eigenvalue weighted by Crippen LogP contribution is -2.44. The highest BCUT2D eigenvalue weighted by atomic mass is 16.7. The van der Waals surface area contributed by atoms with E-state index in [4.69, 9.17) is 9.47 Å². The third kappa shape index (κ3) is 2.79. The Morgan fingerprint density at radius 1 is 1.09 bits per heavy atom. The Labute approximate surface area is 137 Å². The Morgan fingerprint density at radius 2 is 1.78 bits per heavy atom. The van der Waals surface area contributed by atoms with Gasteiger partial charge in [0.2, 0.25) is 6.79 Å². The van der Waals surface area contributed by atoms with Crippen molar-refractivity contribution in [1.82, 2.24) is 4.90 Å². The van der Waals surface area contributed by atoms with E-state index >= 15 is 0 Å². The third-order valence-electron chi connectivity index (χ3n) is 5.59. The number of nitrogens with zero attached hydrogens (tertiary/aromatic N) is 1. The highest BCUT2D eigenvalue weighted by molar-refractivity contribution is 5.98. The van der Waals surface area contributed by atoms with Gasteiger partial charge in [0.05, 0.1) is 5.56 Å². The van der Waals surface area contributed by atoms with E-state index in [1.54, 1.807) is 0 Å². The minimum atomic E-state index is 0.134. The SMILES string of the molecule is CCC1CCC(N(C(=O)c2cccc3c2OCO3)C2CC2)CC1. The Morgan fingerprint density at radius 3 is 2.43 bits per heavy atom.